The first-order valence-electron chi connectivity index (χ1n) is 5.15. The van der Waals surface area contributed by atoms with E-state index in [1.807, 2.05) is 32.0 Å². The zero-order chi connectivity index (χ0) is 11.7. The highest BCUT2D eigenvalue weighted by Crippen LogP contribution is 2.20. The molecule has 16 heavy (non-hydrogen) atoms. The summed E-state index contributed by atoms with van der Waals surface area (Å²) in [6.07, 6.45) is 0. The van der Waals surface area contributed by atoms with E-state index in [1.54, 1.807) is 0 Å². The van der Waals surface area contributed by atoms with E-state index < -0.39 is 11.9 Å². The maximum Gasteiger partial charge on any atom is 0.397 e. The molecule has 2 rings (SSSR count). The second-order valence-electron chi connectivity index (χ2n) is 3.94. The smallest absolute Gasteiger partial charge is 0.397 e. The first-order valence-corrected chi connectivity index (χ1v) is 5.15. The largest absolute Gasteiger partial charge is 0.457 e. The molecule has 0 bridgehead atoms. The van der Waals surface area contributed by atoms with Gasteiger partial charge < -0.3 is 4.74 Å². The van der Waals surface area contributed by atoms with Gasteiger partial charge in [0.25, 0.3) is 0 Å². The third-order valence-electron chi connectivity index (χ3n) is 2.49. The predicted octanol–water partition coefficient (Wildman–Crippen LogP) is 1.19. The van der Waals surface area contributed by atoms with Gasteiger partial charge in [0.05, 0.1) is 6.54 Å². The first kappa shape index (κ1) is 10.7. The summed E-state index contributed by atoms with van der Waals surface area (Å²) in [4.78, 5) is 24.2. The molecule has 1 aromatic rings. The number of aryl methyl sites for hydroxylation is 2. The van der Waals surface area contributed by atoms with Crippen molar-refractivity contribution in [2.75, 3.05) is 18.1 Å². The van der Waals surface area contributed by atoms with Crippen molar-refractivity contribution in [1.82, 2.24) is 0 Å². The van der Waals surface area contributed by atoms with Gasteiger partial charge in [-0.1, -0.05) is 6.07 Å². The molecular weight excluding hydrogens is 206 g/mol. The highest BCUT2D eigenvalue weighted by atomic mass is 16.5. The number of ether oxygens (including phenoxy) is 1. The summed E-state index contributed by atoms with van der Waals surface area (Å²) in [7, 11) is 0. The van der Waals surface area contributed by atoms with Crippen LogP contribution in [0.15, 0.2) is 18.2 Å². The Kier molecular flexibility index (Phi) is 2.64. The topological polar surface area (TPSA) is 46.6 Å². The van der Waals surface area contributed by atoms with Crippen molar-refractivity contribution in [3.05, 3.63) is 29.3 Å². The number of carbonyl (C=O) groups is 2. The fraction of sp³-hybridized carbons (Fsp3) is 0.333. The van der Waals surface area contributed by atoms with Crippen LogP contribution in [0.5, 0.6) is 0 Å². The van der Waals surface area contributed by atoms with Crippen LogP contribution in [0.3, 0.4) is 0 Å². The number of hydrogen-bond acceptors (Lipinski definition) is 3. The minimum absolute atomic E-state index is 0.261. The van der Waals surface area contributed by atoms with Crippen LogP contribution in [-0.4, -0.2) is 25.0 Å². The number of morpholine rings is 1. The quantitative estimate of drug-likeness (QED) is 0.526. The van der Waals surface area contributed by atoms with E-state index in [1.165, 1.54) is 4.90 Å². The molecule has 0 aliphatic carbocycles. The molecule has 4 nitrogen and oxygen atoms in total. The third-order valence-corrected chi connectivity index (χ3v) is 2.49. The number of carbonyl (C=O) groups excluding carboxylic acids is 2. The van der Waals surface area contributed by atoms with Gasteiger partial charge in [0.15, 0.2) is 0 Å². The van der Waals surface area contributed by atoms with Gasteiger partial charge in [-0.2, -0.15) is 0 Å². The van der Waals surface area contributed by atoms with Crippen LogP contribution in [0.2, 0.25) is 0 Å². The summed E-state index contributed by atoms with van der Waals surface area (Å²) in [6, 6.07) is 5.81. The molecule has 0 saturated carbocycles. The van der Waals surface area contributed by atoms with Gasteiger partial charge in [-0.05, 0) is 37.1 Å². The molecule has 1 aliphatic heterocycles. The third kappa shape index (κ3) is 1.91. The van der Waals surface area contributed by atoms with Crippen molar-refractivity contribution >= 4 is 17.6 Å². The van der Waals surface area contributed by atoms with Gasteiger partial charge in [-0.15, -0.1) is 0 Å². The van der Waals surface area contributed by atoms with E-state index in [2.05, 4.69) is 4.74 Å². The summed E-state index contributed by atoms with van der Waals surface area (Å²) in [5.74, 6) is -1.36. The van der Waals surface area contributed by atoms with Crippen LogP contribution in [0, 0.1) is 13.8 Å². The lowest BCUT2D eigenvalue weighted by Gasteiger charge is -2.26. The van der Waals surface area contributed by atoms with Crippen molar-refractivity contribution in [3.8, 4) is 0 Å². The number of benzene rings is 1. The van der Waals surface area contributed by atoms with E-state index in [0.717, 1.165) is 16.8 Å². The molecule has 0 aromatic heterocycles. The van der Waals surface area contributed by atoms with Gasteiger partial charge in [0.1, 0.15) is 6.61 Å². The van der Waals surface area contributed by atoms with E-state index in [-0.39, 0.29) is 6.61 Å². The molecule has 4 heteroatoms. The van der Waals surface area contributed by atoms with E-state index in [4.69, 9.17) is 0 Å². The average molecular weight is 219 g/mol. The summed E-state index contributed by atoms with van der Waals surface area (Å²) in [5.41, 5.74) is 2.91. The van der Waals surface area contributed by atoms with Crippen molar-refractivity contribution in [2.45, 2.75) is 13.8 Å². The Balaban J connectivity index is 2.35. The second kappa shape index (κ2) is 3.96. The number of rotatable bonds is 1. The molecule has 0 spiro atoms. The van der Waals surface area contributed by atoms with Gasteiger partial charge in [0.2, 0.25) is 0 Å². The molecule has 0 N–H and O–H groups in total. The van der Waals surface area contributed by atoms with Crippen LogP contribution in [-0.2, 0) is 14.3 Å². The Morgan fingerprint density at radius 1 is 1.12 bits per heavy atom. The van der Waals surface area contributed by atoms with E-state index in [0.29, 0.717) is 6.54 Å². The molecule has 1 amide bonds. The molecule has 0 atom stereocenters. The van der Waals surface area contributed by atoms with Gasteiger partial charge >= 0.3 is 11.9 Å². The van der Waals surface area contributed by atoms with Gasteiger partial charge in [-0.25, -0.2) is 4.79 Å². The van der Waals surface area contributed by atoms with Crippen LogP contribution in [0.4, 0.5) is 5.69 Å². The van der Waals surface area contributed by atoms with Crippen molar-refractivity contribution in [2.24, 2.45) is 0 Å². The number of cyclic esters (lactones) is 1. The summed E-state index contributed by atoms with van der Waals surface area (Å²) in [6.45, 7) is 4.61. The maximum atomic E-state index is 11.6. The Hall–Kier alpha value is -1.84. The minimum atomic E-state index is -0.773. The fourth-order valence-electron chi connectivity index (χ4n) is 1.86. The number of anilines is 1. The lowest BCUT2D eigenvalue weighted by Crippen LogP contribution is -2.45. The molecule has 1 aliphatic rings. The lowest BCUT2D eigenvalue weighted by atomic mass is 10.1. The SMILES string of the molecule is Cc1cc(C)cc(N2CCOC(=O)C2=O)c1. The molecule has 1 aromatic carbocycles. The average Bonchev–Trinajstić information content (AvgIpc) is 2.20. The zero-order valence-electron chi connectivity index (χ0n) is 9.32. The Morgan fingerprint density at radius 2 is 1.75 bits per heavy atom. The lowest BCUT2D eigenvalue weighted by molar-refractivity contribution is -0.156. The predicted molar refractivity (Wildman–Crippen MR) is 59.2 cm³/mol. The summed E-state index contributed by atoms with van der Waals surface area (Å²) >= 11 is 0. The first-order chi connectivity index (χ1) is 7.58. The van der Waals surface area contributed by atoms with Gasteiger partial charge in [0, 0.05) is 5.69 Å². The Bertz CT molecular complexity index is 433. The van der Waals surface area contributed by atoms with Crippen LogP contribution in [0.25, 0.3) is 0 Å². The molecule has 0 unspecified atom stereocenters. The summed E-state index contributed by atoms with van der Waals surface area (Å²) in [5, 5.41) is 0. The number of hydrogen-bond donors (Lipinski definition) is 0. The van der Waals surface area contributed by atoms with Gasteiger partial charge in [-0.3, -0.25) is 9.69 Å². The standard InChI is InChI=1S/C12H13NO3/c1-8-5-9(2)7-10(6-8)13-3-4-16-12(15)11(13)14/h5-7H,3-4H2,1-2H3. The normalized spacial score (nSPS) is 16.2. The minimum Gasteiger partial charge on any atom is -0.457 e. The van der Waals surface area contributed by atoms with E-state index >= 15 is 0 Å². The molecular formula is C12H13NO3. The van der Waals surface area contributed by atoms with Crippen molar-refractivity contribution < 1.29 is 14.3 Å². The van der Waals surface area contributed by atoms with Crippen molar-refractivity contribution in [3.63, 3.8) is 0 Å². The number of nitrogens with zero attached hydrogens (tertiary/aromatic N) is 1. The Labute approximate surface area is 93.8 Å². The number of amides is 1. The molecule has 84 valence electrons. The van der Waals surface area contributed by atoms with Crippen LogP contribution in [0.1, 0.15) is 11.1 Å². The molecule has 1 heterocycles. The molecule has 1 saturated heterocycles. The fourth-order valence-corrected chi connectivity index (χ4v) is 1.86. The zero-order valence-corrected chi connectivity index (χ0v) is 9.32. The van der Waals surface area contributed by atoms with Crippen LogP contribution < -0.4 is 4.90 Å². The maximum absolute atomic E-state index is 11.6. The molecule has 0 radical (unpaired) electrons. The summed E-state index contributed by atoms with van der Waals surface area (Å²) < 4.78 is 4.67. The highest BCUT2D eigenvalue weighted by Gasteiger charge is 2.29. The molecule has 1 fully saturated rings. The van der Waals surface area contributed by atoms with Crippen LogP contribution >= 0.6 is 0 Å². The Morgan fingerprint density at radius 3 is 2.38 bits per heavy atom. The monoisotopic (exact) mass is 219 g/mol. The highest BCUT2D eigenvalue weighted by molar-refractivity contribution is 6.38. The van der Waals surface area contributed by atoms with Crippen molar-refractivity contribution in [1.29, 1.82) is 0 Å². The second-order valence-corrected chi connectivity index (χ2v) is 3.94. The van der Waals surface area contributed by atoms with E-state index in [9.17, 15) is 9.59 Å². The number of esters is 1.